The molecular formula is C14H10FN3. The summed E-state index contributed by atoms with van der Waals surface area (Å²) in [6.07, 6.45) is 3.41. The average Bonchev–Trinajstić information content (AvgIpc) is 2.90. The number of hydrogen-bond acceptors (Lipinski definition) is 2. The van der Waals surface area contributed by atoms with Crippen LogP contribution in [-0.4, -0.2) is 15.2 Å². The zero-order valence-corrected chi connectivity index (χ0v) is 9.47. The maximum atomic E-state index is 13.6. The summed E-state index contributed by atoms with van der Waals surface area (Å²) < 4.78 is 13.6. The fourth-order valence-electron chi connectivity index (χ4n) is 1.81. The molecule has 18 heavy (non-hydrogen) atoms. The van der Waals surface area contributed by atoms with E-state index >= 15 is 0 Å². The summed E-state index contributed by atoms with van der Waals surface area (Å²) >= 11 is 0. The van der Waals surface area contributed by atoms with Gasteiger partial charge in [-0.25, -0.2) is 4.39 Å². The van der Waals surface area contributed by atoms with Crippen LogP contribution >= 0.6 is 0 Å². The van der Waals surface area contributed by atoms with Gasteiger partial charge in [-0.2, -0.15) is 5.10 Å². The van der Waals surface area contributed by atoms with Crippen molar-refractivity contribution in [2.45, 2.75) is 0 Å². The Labute approximate surface area is 103 Å². The van der Waals surface area contributed by atoms with E-state index in [0.29, 0.717) is 11.3 Å². The van der Waals surface area contributed by atoms with Crippen LogP contribution in [0.4, 0.5) is 4.39 Å². The number of aromatic amines is 1. The van der Waals surface area contributed by atoms with Gasteiger partial charge in [-0.3, -0.25) is 10.1 Å². The monoisotopic (exact) mass is 239 g/mol. The molecule has 1 N–H and O–H groups in total. The molecule has 88 valence electrons. The quantitative estimate of drug-likeness (QED) is 0.745. The predicted octanol–water partition coefficient (Wildman–Crippen LogP) is 3.28. The molecule has 3 nitrogen and oxygen atoms in total. The van der Waals surface area contributed by atoms with Crippen LogP contribution in [0.5, 0.6) is 0 Å². The molecule has 1 aromatic carbocycles. The summed E-state index contributed by atoms with van der Waals surface area (Å²) in [5.74, 6) is -0.273. The summed E-state index contributed by atoms with van der Waals surface area (Å²) in [5, 5.41) is 7.04. The Morgan fingerprint density at radius 1 is 1.00 bits per heavy atom. The molecule has 4 heteroatoms. The molecule has 0 fully saturated rings. The van der Waals surface area contributed by atoms with E-state index in [2.05, 4.69) is 15.2 Å². The number of halogens is 1. The highest BCUT2D eigenvalue weighted by Gasteiger charge is 2.09. The Balaban J connectivity index is 2.03. The molecule has 0 saturated carbocycles. The van der Waals surface area contributed by atoms with Crippen molar-refractivity contribution >= 4 is 0 Å². The molecule has 0 aliphatic rings. The normalized spacial score (nSPS) is 10.5. The van der Waals surface area contributed by atoms with Gasteiger partial charge in [0.05, 0.1) is 11.4 Å². The minimum atomic E-state index is -0.273. The van der Waals surface area contributed by atoms with E-state index in [4.69, 9.17) is 0 Å². The van der Waals surface area contributed by atoms with E-state index in [1.165, 1.54) is 6.07 Å². The molecular weight excluding hydrogens is 229 g/mol. The number of rotatable bonds is 2. The summed E-state index contributed by atoms with van der Waals surface area (Å²) in [6.45, 7) is 0. The second-order valence-electron chi connectivity index (χ2n) is 3.88. The Kier molecular flexibility index (Phi) is 2.61. The molecule has 0 aliphatic carbocycles. The van der Waals surface area contributed by atoms with E-state index < -0.39 is 0 Å². The standard InChI is InChI=1S/C14H10FN3/c15-12-4-2-1-3-11(12)14-9-13(17-18-14)10-5-7-16-8-6-10/h1-9H,(H,17,18). The second-order valence-corrected chi connectivity index (χ2v) is 3.88. The number of pyridine rings is 1. The third kappa shape index (κ3) is 1.88. The zero-order valence-electron chi connectivity index (χ0n) is 9.47. The first-order valence-corrected chi connectivity index (χ1v) is 5.55. The lowest BCUT2D eigenvalue weighted by Gasteiger charge is -1.96. The van der Waals surface area contributed by atoms with Gasteiger partial charge in [0.2, 0.25) is 0 Å². The second kappa shape index (κ2) is 4.41. The SMILES string of the molecule is Fc1ccccc1-c1cc(-c2ccncc2)[nH]n1. The smallest absolute Gasteiger partial charge is 0.132 e. The Bertz CT molecular complexity index is 662. The molecule has 0 saturated heterocycles. The molecule has 3 aromatic rings. The van der Waals surface area contributed by atoms with Crippen molar-refractivity contribution in [2.75, 3.05) is 0 Å². The highest BCUT2D eigenvalue weighted by Crippen LogP contribution is 2.24. The average molecular weight is 239 g/mol. The van der Waals surface area contributed by atoms with E-state index in [0.717, 1.165) is 11.3 Å². The lowest BCUT2D eigenvalue weighted by Crippen LogP contribution is -1.82. The van der Waals surface area contributed by atoms with Gasteiger partial charge in [-0.15, -0.1) is 0 Å². The molecule has 0 radical (unpaired) electrons. The van der Waals surface area contributed by atoms with Crippen LogP contribution in [0.3, 0.4) is 0 Å². The first-order chi connectivity index (χ1) is 8.84. The maximum Gasteiger partial charge on any atom is 0.132 e. The van der Waals surface area contributed by atoms with Crippen molar-refractivity contribution < 1.29 is 4.39 Å². The first kappa shape index (κ1) is 10.7. The molecule has 0 bridgehead atoms. The number of H-pyrrole nitrogens is 1. The Hall–Kier alpha value is -2.49. The highest BCUT2D eigenvalue weighted by atomic mass is 19.1. The van der Waals surface area contributed by atoms with E-state index in [-0.39, 0.29) is 5.82 Å². The van der Waals surface area contributed by atoms with Crippen molar-refractivity contribution in [3.05, 3.63) is 60.7 Å². The van der Waals surface area contributed by atoms with Crippen LogP contribution in [0, 0.1) is 5.82 Å². The van der Waals surface area contributed by atoms with E-state index in [9.17, 15) is 4.39 Å². The van der Waals surface area contributed by atoms with Gasteiger partial charge in [0.1, 0.15) is 5.82 Å². The third-order valence-corrected chi connectivity index (χ3v) is 2.72. The lowest BCUT2D eigenvalue weighted by atomic mass is 10.1. The molecule has 0 spiro atoms. The number of nitrogens with zero attached hydrogens (tertiary/aromatic N) is 2. The molecule has 0 atom stereocenters. The third-order valence-electron chi connectivity index (χ3n) is 2.72. The molecule has 2 heterocycles. The van der Waals surface area contributed by atoms with Crippen LogP contribution in [0.25, 0.3) is 22.5 Å². The van der Waals surface area contributed by atoms with Gasteiger partial charge in [0, 0.05) is 23.5 Å². The van der Waals surface area contributed by atoms with Crippen molar-refractivity contribution in [3.63, 3.8) is 0 Å². The number of benzene rings is 1. The van der Waals surface area contributed by atoms with Gasteiger partial charge in [-0.1, -0.05) is 12.1 Å². The van der Waals surface area contributed by atoms with Crippen LogP contribution in [0.1, 0.15) is 0 Å². The fourth-order valence-corrected chi connectivity index (χ4v) is 1.81. The van der Waals surface area contributed by atoms with Crippen LogP contribution in [0.2, 0.25) is 0 Å². The highest BCUT2D eigenvalue weighted by molar-refractivity contribution is 5.68. The van der Waals surface area contributed by atoms with Crippen LogP contribution in [-0.2, 0) is 0 Å². The molecule has 0 unspecified atom stereocenters. The van der Waals surface area contributed by atoms with Crippen LogP contribution < -0.4 is 0 Å². The zero-order chi connectivity index (χ0) is 12.4. The number of hydrogen-bond donors (Lipinski definition) is 1. The summed E-state index contributed by atoms with van der Waals surface area (Å²) in [7, 11) is 0. The van der Waals surface area contributed by atoms with Crippen molar-refractivity contribution in [1.29, 1.82) is 0 Å². The summed E-state index contributed by atoms with van der Waals surface area (Å²) in [5.41, 5.74) is 2.91. The largest absolute Gasteiger partial charge is 0.277 e. The number of aromatic nitrogens is 3. The van der Waals surface area contributed by atoms with Crippen molar-refractivity contribution in [3.8, 4) is 22.5 Å². The first-order valence-electron chi connectivity index (χ1n) is 5.55. The number of nitrogens with one attached hydrogen (secondary N) is 1. The van der Waals surface area contributed by atoms with Gasteiger partial charge < -0.3 is 0 Å². The molecule has 0 amide bonds. The van der Waals surface area contributed by atoms with Crippen molar-refractivity contribution in [2.24, 2.45) is 0 Å². The Morgan fingerprint density at radius 2 is 1.78 bits per heavy atom. The minimum Gasteiger partial charge on any atom is -0.277 e. The van der Waals surface area contributed by atoms with Gasteiger partial charge in [-0.05, 0) is 30.3 Å². The maximum absolute atomic E-state index is 13.6. The van der Waals surface area contributed by atoms with Crippen molar-refractivity contribution in [1.82, 2.24) is 15.2 Å². The molecule has 0 aliphatic heterocycles. The molecule has 2 aromatic heterocycles. The van der Waals surface area contributed by atoms with Gasteiger partial charge in [0.15, 0.2) is 0 Å². The molecule has 3 rings (SSSR count). The summed E-state index contributed by atoms with van der Waals surface area (Å²) in [6, 6.07) is 12.2. The lowest BCUT2D eigenvalue weighted by molar-refractivity contribution is 0.630. The minimum absolute atomic E-state index is 0.273. The fraction of sp³-hybridized carbons (Fsp3) is 0. The summed E-state index contributed by atoms with van der Waals surface area (Å²) in [4.78, 5) is 3.96. The van der Waals surface area contributed by atoms with E-state index in [1.54, 1.807) is 30.6 Å². The van der Waals surface area contributed by atoms with Gasteiger partial charge >= 0.3 is 0 Å². The predicted molar refractivity (Wildman–Crippen MR) is 67.2 cm³/mol. The Morgan fingerprint density at radius 3 is 2.56 bits per heavy atom. The van der Waals surface area contributed by atoms with Crippen LogP contribution in [0.15, 0.2) is 54.9 Å². The topological polar surface area (TPSA) is 41.6 Å². The van der Waals surface area contributed by atoms with E-state index in [1.807, 2.05) is 18.2 Å². The van der Waals surface area contributed by atoms with Gasteiger partial charge in [0.25, 0.3) is 0 Å².